The summed E-state index contributed by atoms with van der Waals surface area (Å²) in [7, 11) is -1.92. The molecule has 1 unspecified atom stereocenters. The van der Waals surface area contributed by atoms with Gasteiger partial charge in [-0.2, -0.15) is 4.31 Å². The van der Waals surface area contributed by atoms with Crippen molar-refractivity contribution in [1.29, 1.82) is 0 Å². The van der Waals surface area contributed by atoms with Gasteiger partial charge in [-0.3, -0.25) is 0 Å². The van der Waals surface area contributed by atoms with Gasteiger partial charge in [-0.15, -0.1) is 0 Å². The van der Waals surface area contributed by atoms with Gasteiger partial charge in [-0.25, -0.2) is 8.42 Å². The molecule has 0 radical (unpaired) electrons. The lowest BCUT2D eigenvalue weighted by Gasteiger charge is -2.29. The molecule has 1 aromatic rings. The van der Waals surface area contributed by atoms with E-state index in [0.29, 0.717) is 29.7 Å². The second kappa shape index (κ2) is 7.24. The summed E-state index contributed by atoms with van der Waals surface area (Å²) in [6.07, 6.45) is 2.19. The van der Waals surface area contributed by atoms with E-state index >= 15 is 0 Å². The van der Waals surface area contributed by atoms with E-state index in [1.54, 1.807) is 28.6 Å². The third-order valence-corrected chi connectivity index (χ3v) is 5.83. The minimum atomic E-state index is -3.46. The number of nitrogens with one attached hydrogen (secondary N) is 1. The van der Waals surface area contributed by atoms with Gasteiger partial charge in [0.1, 0.15) is 5.75 Å². The first-order valence-corrected chi connectivity index (χ1v) is 8.87. The quantitative estimate of drug-likeness (QED) is 0.869. The molecule has 0 bridgehead atoms. The molecular weight excluding hydrogens is 288 g/mol. The van der Waals surface area contributed by atoms with Crippen LogP contribution in [0.5, 0.6) is 5.75 Å². The third kappa shape index (κ3) is 3.96. The lowest BCUT2D eigenvalue weighted by Crippen LogP contribution is -2.40. The maximum absolute atomic E-state index is 12.8. The predicted molar refractivity (Wildman–Crippen MR) is 83.0 cm³/mol. The third-order valence-electron chi connectivity index (χ3n) is 3.89. The topological polar surface area (TPSA) is 58.6 Å². The minimum Gasteiger partial charge on any atom is -0.497 e. The van der Waals surface area contributed by atoms with Crippen molar-refractivity contribution < 1.29 is 13.2 Å². The first kappa shape index (κ1) is 16.3. The monoisotopic (exact) mass is 312 g/mol. The molecule has 0 saturated carbocycles. The van der Waals surface area contributed by atoms with Crippen molar-refractivity contribution in [2.45, 2.75) is 24.7 Å². The molecular formula is C15H24N2O3S. The molecule has 1 atom stereocenters. The van der Waals surface area contributed by atoms with E-state index in [4.69, 9.17) is 4.74 Å². The molecule has 6 heteroatoms. The van der Waals surface area contributed by atoms with Crippen LogP contribution in [0.15, 0.2) is 29.2 Å². The second-order valence-electron chi connectivity index (χ2n) is 5.35. The van der Waals surface area contributed by atoms with Crippen LogP contribution in [-0.4, -0.2) is 46.0 Å². The van der Waals surface area contributed by atoms with E-state index in [9.17, 15) is 8.42 Å². The molecule has 21 heavy (non-hydrogen) atoms. The van der Waals surface area contributed by atoms with Crippen molar-refractivity contribution in [3.63, 3.8) is 0 Å². The Morgan fingerprint density at radius 1 is 1.43 bits per heavy atom. The Bertz CT molecular complexity index is 554. The summed E-state index contributed by atoms with van der Waals surface area (Å²) >= 11 is 0. The van der Waals surface area contributed by atoms with Crippen LogP contribution in [0.25, 0.3) is 0 Å². The fourth-order valence-electron chi connectivity index (χ4n) is 2.68. The number of hydrogen-bond donors (Lipinski definition) is 1. The second-order valence-corrected chi connectivity index (χ2v) is 7.28. The number of rotatable bonds is 6. The Morgan fingerprint density at radius 3 is 2.86 bits per heavy atom. The van der Waals surface area contributed by atoms with Crippen molar-refractivity contribution >= 4 is 10.0 Å². The van der Waals surface area contributed by atoms with Gasteiger partial charge in [-0.05, 0) is 44.0 Å². The predicted octanol–water partition coefficient (Wildman–Crippen LogP) is 1.71. The molecule has 1 aliphatic rings. The highest BCUT2D eigenvalue weighted by Crippen LogP contribution is 2.22. The standard InChI is InChI=1S/C15H24N2O3S/c1-3-17(12-13-6-5-9-16-11-13)21(18,19)15-8-4-7-14(10-15)20-2/h4,7-8,10,13,16H,3,5-6,9,11-12H2,1-2H3. The number of nitrogens with zero attached hydrogens (tertiary/aromatic N) is 1. The molecule has 1 aromatic carbocycles. The fourth-order valence-corrected chi connectivity index (χ4v) is 4.24. The summed E-state index contributed by atoms with van der Waals surface area (Å²) in [5.41, 5.74) is 0. The Kier molecular flexibility index (Phi) is 5.61. The van der Waals surface area contributed by atoms with Gasteiger partial charge < -0.3 is 10.1 Å². The Labute approximate surface area is 127 Å². The van der Waals surface area contributed by atoms with Gasteiger partial charge in [0.25, 0.3) is 0 Å². The molecule has 2 rings (SSSR count). The van der Waals surface area contributed by atoms with E-state index < -0.39 is 10.0 Å². The van der Waals surface area contributed by atoms with Crippen LogP contribution >= 0.6 is 0 Å². The zero-order valence-corrected chi connectivity index (χ0v) is 13.5. The summed E-state index contributed by atoms with van der Waals surface area (Å²) < 4.78 is 32.2. The first-order valence-electron chi connectivity index (χ1n) is 7.43. The van der Waals surface area contributed by atoms with Gasteiger partial charge in [0, 0.05) is 19.2 Å². The molecule has 0 spiro atoms. The maximum Gasteiger partial charge on any atom is 0.243 e. The largest absolute Gasteiger partial charge is 0.497 e. The summed E-state index contributed by atoms with van der Waals surface area (Å²) in [6.45, 7) is 4.86. The normalized spacial score (nSPS) is 19.7. The van der Waals surface area contributed by atoms with Gasteiger partial charge in [0.05, 0.1) is 12.0 Å². The van der Waals surface area contributed by atoms with Crippen LogP contribution in [-0.2, 0) is 10.0 Å². The van der Waals surface area contributed by atoms with Crippen LogP contribution in [0.2, 0.25) is 0 Å². The lowest BCUT2D eigenvalue weighted by atomic mass is 10.00. The summed E-state index contributed by atoms with van der Waals surface area (Å²) in [4.78, 5) is 0.299. The molecule has 1 N–H and O–H groups in total. The van der Waals surface area contributed by atoms with Gasteiger partial charge in [0.15, 0.2) is 0 Å². The molecule has 1 saturated heterocycles. The molecule has 1 fully saturated rings. The molecule has 5 nitrogen and oxygen atoms in total. The molecule has 0 aromatic heterocycles. The first-order chi connectivity index (χ1) is 10.1. The molecule has 1 aliphatic heterocycles. The van der Waals surface area contributed by atoms with E-state index in [0.717, 1.165) is 25.9 Å². The molecule has 118 valence electrons. The van der Waals surface area contributed by atoms with Crippen LogP contribution in [0, 0.1) is 5.92 Å². The highest BCUT2D eigenvalue weighted by Gasteiger charge is 2.26. The molecule has 1 heterocycles. The van der Waals surface area contributed by atoms with Crippen LogP contribution in [0.3, 0.4) is 0 Å². The Balaban J connectivity index is 2.17. The van der Waals surface area contributed by atoms with Crippen molar-refractivity contribution in [2.24, 2.45) is 5.92 Å². The van der Waals surface area contributed by atoms with Gasteiger partial charge >= 0.3 is 0 Å². The SMILES string of the molecule is CCN(CC1CCCNC1)S(=O)(=O)c1cccc(OC)c1. The number of methoxy groups -OCH3 is 1. The summed E-state index contributed by atoms with van der Waals surface area (Å²) in [5.74, 6) is 0.950. The van der Waals surface area contributed by atoms with Crippen LogP contribution in [0.1, 0.15) is 19.8 Å². The number of sulfonamides is 1. The average molecular weight is 312 g/mol. The fraction of sp³-hybridized carbons (Fsp3) is 0.600. The van der Waals surface area contributed by atoms with E-state index in [-0.39, 0.29) is 0 Å². The minimum absolute atomic E-state index is 0.299. The van der Waals surface area contributed by atoms with E-state index in [2.05, 4.69) is 5.32 Å². The Hall–Kier alpha value is -1.11. The zero-order valence-electron chi connectivity index (χ0n) is 12.7. The number of ether oxygens (including phenoxy) is 1. The summed E-state index contributed by atoms with van der Waals surface area (Å²) in [5, 5.41) is 3.33. The number of piperidine rings is 1. The van der Waals surface area contributed by atoms with Crippen molar-refractivity contribution in [3.8, 4) is 5.75 Å². The maximum atomic E-state index is 12.8. The van der Waals surface area contributed by atoms with Crippen LogP contribution < -0.4 is 10.1 Å². The zero-order chi connectivity index (χ0) is 15.3. The highest BCUT2D eigenvalue weighted by atomic mass is 32.2. The van der Waals surface area contributed by atoms with E-state index in [1.165, 1.54) is 7.11 Å². The van der Waals surface area contributed by atoms with Gasteiger partial charge in [-0.1, -0.05) is 13.0 Å². The summed E-state index contributed by atoms with van der Waals surface area (Å²) in [6, 6.07) is 6.67. The van der Waals surface area contributed by atoms with Crippen molar-refractivity contribution in [3.05, 3.63) is 24.3 Å². The average Bonchev–Trinajstić information content (AvgIpc) is 2.53. The number of benzene rings is 1. The molecule has 0 amide bonds. The van der Waals surface area contributed by atoms with E-state index in [1.807, 2.05) is 6.92 Å². The van der Waals surface area contributed by atoms with Crippen LogP contribution in [0.4, 0.5) is 0 Å². The Morgan fingerprint density at radius 2 is 2.24 bits per heavy atom. The lowest BCUT2D eigenvalue weighted by molar-refractivity contribution is 0.297. The number of hydrogen-bond acceptors (Lipinski definition) is 4. The van der Waals surface area contributed by atoms with Gasteiger partial charge in [0.2, 0.25) is 10.0 Å². The smallest absolute Gasteiger partial charge is 0.243 e. The van der Waals surface area contributed by atoms with Crippen molar-refractivity contribution in [1.82, 2.24) is 9.62 Å². The molecule has 0 aliphatic carbocycles. The van der Waals surface area contributed by atoms with Crippen molar-refractivity contribution in [2.75, 3.05) is 33.3 Å². The highest BCUT2D eigenvalue weighted by molar-refractivity contribution is 7.89.